The molecule has 0 fully saturated rings. The van der Waals surface area contributed by atoms with Gasteiger partial charge >= 0.3 is 0 Å². The first-order valence-electron chi connectivity index (χ1n) is 5.83. The lowest BCUT2D eigenvalue weighted by Gasteiger charge is -2.09. The highest BCUT2D eigenvalue weighted by molar-refractivity contribution is 6.30. The minimum atomic E-state index is -0.467. The number of benzene rings is 1. The third-order valence-corrected chi connectivity index (χ3v) is 3.04. The maximum atomic E-state index is 13.1. The first-order valence-corrected chi connectivity index (χ1v) is 6.20. The van der Waals surface area contributed by atoms with Crippen molar-refractivity contribution in [3.05, 3.63) is 40.3 Å². The van der Waals surface area contributed by atoms with Crippen molar-refractivity contribution in [2.45, 2.75) is 13.5 Å². The Morgan fingerprint density at radius 2 is 2.21 bits per heavy atom. The van der Waals surface area contributed by atoms with Gasteiger partial charge in [-0.3, -0.25) is 0 Å². The molecule has 0 aliphatic rings. The van der Waals surface area contributed by atoms with E-state index in [2.05, 4.69) is 10.4 Å². The van der Waals surface area contributed by atoms with E-state index in [1.165, 1.54) is 18.2 Å². The highest BCUT2D eigenvalue weighted by Gasteiger charge is 2.15. The van der Waals surface area contributed by atoms with Crippen LogP contribution in [0.1, 0.15) is 11.3 Å². The summed E-state index contributed by atoms with van der Waals surface area (Å²) in [5.41, 5.74) is 1.85. The lowest BCUT2D eigenvalue weighted by molar-refractivity contribution is 0.423. The maximum Gasteiger partial charge on any atom is 0.222 e. The predicted molar refractivity (Wildman–Crippen MR) is 72.2 cm³/mol. The van der Waals surface area contributed by atoms with Crippen LogP contribution in [0.5, 0.6) is 11.6 Å². The first-order chi connectivity index (χ1) is 9.02. The van der Waals surface area contributed by atoms with Gasteiger partial charge in [0.05, 0.1) is 16.3 Å². The van der Waals surface area contributed by atoms with Crippen LogP contribution in [-0.4, -0.2) is 16.8 Å². The largest absolute Gasteiger partial charge is 0.439 e. The molecule has 0 unspecified atom stereocenters. The summed E-state index contributed by atoms with van der Waals surface area (Å²) >= 11 is 5.74. The van der Waals surface area contributed by atoms with Crippen molar-refractivity contribution in [2.24, 2.45) is 7.05 Å². The van der Waals surface area contributed by atoms with Crippen LogP contribution in [0, 0.1) is 12.7 Å². The van der Waals surface area contributed by atoms with Crippen LogP contribution in [0.2, 0.25) is 5.02 Å². The Morgan fingerprint density at radius 1 is 1.47 bits per heavy atom. The van der Waals surface area contributed by atoms with Gasteiger partial charge in [0.2, 0.25) is 5.88 Å². The fraction of sp³-hybridized carbons (Fsp3) is 0.308. The predicted octanol–water partition coefficient (Wildman–Crippen LogP) is 3.03. The molecular weight excluding hydrogens is 269 g/mol. The summed E-state index contributed by atoms with van der Waals surface area (Å²) < 4.78 is 20.5. The standard InChI is InChI=1S/C13H15ClFN3O/c1-8-10(7-16-2)13(18(3)17-8)19-9-4-5-12(15)11(14)6-9/h4-6,16H,7H2,1-3H3. The molecule has 1 aromatic heterocycles. The SMILES string of the molecule is CNCc1c(C)nn(C)c1Oc1ccc(F)c(Cl)c1. The second-order valence-electron chi connectivity index (χ2n) is 4.20. The van der Waals surface area contributed by atoms with E-state index in [0.717, 1.165) is 11.3 Å². The van der Waals surface area contributed by atoms with E-state index in [-0.39, 0.29) is 5.02 Å². The topological polar surface area (TPSA) is 39.1 Å². The molecule has 0 aliphatic carbocycles. The summed E-state index contributed by atoms with van der Waals surface area (Å²) in [6.07, 6.45) is 0. The van der Waals surface area contributed by atoms with E-state index in [0.29, 0.717) is 18.2 Å². The number of halogens is 2. The van der Waals surface area contributed by atoms with Crippen LogP contribution < -0.4 is 10.1 Å². The molecule has 0 saturated heterocycles. The molecule has 1 aromatic carbocycles. The molecule has 6 heteroatoms. The number of ether oxygens (including phenoxy) is 1. The molecule has 0 atom stereocenters. The average molecular weight is 284 g/mol. The van der Waals surface area contributed by atoms with E-state index in [1.807, 2.05) is 14.0 Å². The van der Waals surface area contributed by atoms with Crippen molar-refractivity contribution in [1.82, 2.24) is 15.1 Å². The Bertz CT molecular complexity index is 598. The summed E-state index contributed by atoms with van der Waals surface area (Å²) in [6.45, 7) is 2.56. The number of aromatic nitrogens is 2. The number of hydrogen-bond acceptors (Lipinski definition) is 3. The zero-order chi connectivity index (χ0) is 14.0. The van der Waals surface area contributed by atoms with Gasteiger partial charge in [0.1, 0.15) is 11.6 Å². The number of hydrogen-bond donors (Lipinski definition) is 1. The Hall–Kier alpha value is -1.59. The number of aryl methyl sites for hydroxylation is 2. The van der Waals surface area contributed by atoms with Crippen molar-refractivity contribution in [1.29, 1.82) is 0 Å². The minimum absolute atomic E-state index is 0.0338. The Morgan fingerprint density at radius 3 is 2.84 bits per heavy atom. The van der Waals surface area contributed by atoms with Crippen molar-refractivity contribution in [3.8, 4) is 11.6 Å². The van der Waals surface area contributed by atoms with Gasteiger partial charge in [-0.2, -0.15) is 5.10 Å². The van der Waals surface area contributed by atoms with E-state index in [4.69, 9.17) is 16.3 Å². The summed E-state index contributed by atoms with van der Waals surface area (Å²) in [6, 6.07) is 4.26. The zero-order valence-corrected chi connectivity index (χ0v) is 11.8. The normalized spacial score (nSPS) is 10.8. The third kappa shape index (κ3) is 2.88. The van der Waals surface area contributed by atoms with Crippen LogP contribution in [0.4, 0.5) is 4.39 Å². The van der Waals surface area contributed by atoms with Crippen LogP contribution in [0.15, 0.2) is 18.2 Å². The Labute approximate surface area is 116 Å². The third-order valence-electron chi connectivity index (χ3n) is 2.75. The van der Waals surface area contributed by atoms with Crippen LogP contribution in [0.3, 0.4) is 0 Å². The fourth-order valence-electron chi connectivity index (χ4n) is 1.84. The number of nitrogens with one attached hydrogen (secondary N) is 1. The molecule has 0 spiro atoms. The highest BCUT2D eigenvalue weighted by Crippen LogP contribution is 2.29. The highest BCUT2D eigenvalue weighted by atomic mass is 35.5. The van der Waals surface area contributed by atoms with E-state index in [9.17, 15) is 4.39 Å². The zero-order valence-electron chi connectivity index (χ0n) is 11.0. The summed E-state index contributed by atoms with van der Waals surface area (Å²) in [5.74, 6) is 0.631. The maximum absolute atomic E-state index is 13.1. The second-order valence-corrected chi connectivity index (χ2v) is 4.61. The fourth-order valence-corrected chi connectivity index (χ4v) is 2.01. The molecule has 0 amide bonds. The van der Waals surface area contributed by atoms with Crippen molar-refractivity contribution in [3.63, 3.8) is 0 Å². The molecule has 0 saturated carbocycles. The van der Waals surface area contributed by atoms with E-state index < -0.39 is 5.82 Å². The molecule has 19 heavy (non-hydrogen) atoms. The van der Waals surface area contributed by atoms with Crippen molar-refractivity contribution in [2.75, 3.05) is 7.05 Å². The van der Waals surface area contributed by atoms with E-state index >= 15 is 0 Å². The second kappa shape index (κ2) is 5.59. The molecule has 0 aliphatic heterocycles. The molecule has 2 rings (SSSR count). The van der Waals surface area contributed by atoms with Gasteiger partial charge in [0.15, 0.2) is 0 Å². The van der Waals surface area contributed by atoms with Crippen molar-refractivity contribution >= 4 is 11.6 Å². The molecule has 2 aromatic rings. The number of nitrogens with zero attached hydrogens (tertiary/aromatic N) is 2. The van der Waals surface area contributed by atoms with Crippen LogP contribution in [0.25, 0.3) is 0 Å². The first kappa shape index (κ1) is 13.8. The van der Waals surface area contributed by atoms with Gasteiger partial charge in [-0.15, -0.1) is 0 Å². The Balaban J connectivity index is 2.34. The van der Waals surface area contributed by atoms with Crippen LogP contribution in [-0.2, 0) is 13.6 Å². The monoisotopic (exact) mass is 283 g/mol. The molecule has 1 heterocycles. The van der Waals surface area contributed by atoms with Gasteiger partial charge in [0.25, 0.3) is 0 Å². The van der Waals surface area contributed by atoms with Gasteiger partial charge in [0, 0.05) is 19.7 Å². The van der Waals surface area contributed by atoms with Gasteiger partial charge in [-0.1, -0.05) is 11.6 Å². The molecule has 1 N–H and O–H groups in total. The molecule has 102 valence electrons. The van der Waals surface area contributed by atoms with Crippen LogP contribution >= 0.6 is 11.6 Å². The lowest BCUT2D eigenvalue weighted by atomic mass is 10.2. The van der Waals surface area contributed by atoms with E-state index in [1.54, 1.807) is 11.7 Å². The molecule has 4 nitrogen and oxygen atoms in total. The molecular formula is C13H15ClFN3O. The Kier molecular flexibility index (Phi) is 4.07. The smallest absolute Gasteiger partial charge is 0.222 e. The number of rotatable bonds is 4. The summed E-state index contributed by atoms with van der Waals surface area (Å²) in [7, 11) is 3.65. The molecule has 0 bridgehead atoms. The lowest BCUT2D eigenvalue weighted by Crippen LogP contribution is -2.07. The van der Waals surface area contributed by atoms with Gasteiger partial charge in [-0.25, -0.2) is 9.07 Å². The van der Waals surface area contributed by atoms with Crippen molar-refractivity contribution < 1.29 is 9.13 Å². The minimum Gasteiger partial charge on any atom is -0.439 e. The van der Waals surface area contributed by atoms with Gasteiger partial charge < -0.3 is 10.1 Å². The average Bonchev–Trinajstić information content (AvgIpc) is 2.61. The molecule has 0 radical (unpaired) electrons. The summed E-state index contributed by atoms with van der Waals surface area (Å²) in [5, 5.41) is 7.41. The van der Waals surface area contributed by atoms with Gasteiger partial charge in [-0.05, 0) is 26.1 Å². The quantitative estimate of drug-likeness (QED) is 0.937. The summed E-state index contributed by atoms with van der Waals surface area (Å²) in [4.78, 5) is 0.